The standard InChI is InChI=1S/C26H29N3O5S/c27-15-19-2-7-23(8-3-19)35(31,32)13-1-10-29-21-5-6-22(29)17-28(16-21)18-24(30)20-4-9-25-26(14-20)34-12-11-33-25/h2-4,7-9,14,21-22H,1,5-6,10-13,16-18H2. The second kappa shape index (κ2) is 9.97. The van der Waals surface area contributed by atoms with Crippen LogP contribution in [0.2, 0.25) is 0 Å². The van der Waals surface area contributed by atoms with Crippen molar-refractivity contribution in [1.29, 1.82) is 5.26 Å². The normalized spacial score (nSPS) is 22.0. The molecule has 0 amide bonds. The highest BCUT2D eigenvalue weighted by Crippen LogP contribution is 2.32. The minimum Gasteiger partial charge on any atom is -0.486 e. The van der Waals surface area contributed by atoms with Gasteiger partial charge in [-0.05, 0) is 68.3 Å². The first kappa shape index (κ1) is 23.8. The van der Waals surface area contributed by atoms with E-state index in [1.165, 1.54) is 12.1 Å². The molecule has 3 heterocycles. The molecule has 0 aromatic heterocycles. The Morgan fingerprint density at radius 2 is 1.69 bits per heavy atom. The summed E-state index contributed by atoms with van der Waals surface area (Å²) in [6.07, 6.45) is 2.70. The Labute approximate surface area is 206 Å². The molecule has 0 N–H and O–H groups in total. The van der Waals surface area contributed by atoms with Gasteiger partial charge in [0.15, 0.2) is 27.1 Å². The highest BCUT2D eigenvalue weighted by molar-refractivity contribution is 7.91. The summed E-state index contributed by atoms with van der Waals surface area (Å²) in [5.41, 5.74) is 1.09. The first-order valence-electron chi connectivity index (χ1n) is 12.1. The van der Waals surface area contributed by atoms with Crippen LogP contribution in [0, 0.1) is 11.3 Å². The van der Waals surface area contributed by atoms with Gasteiger partial charge >= 0.3 is 0 Å². The molecule has 0 aliphatic carbocycles. The van der Waals surface area contributed by atoms with Gasteiger partial charge in [-0.2, -0.15) is 5.26 Å². The molecular formula is C26H29N3O5S. The highest BCUT2D eigenvalue weighted by Gasteiger charge is 2.40. The Morgan fingerprint density at radius 3 is 2.37 bits per heavy atom. The molecule has 3 aliphatic rings. The minimum atomic E-state index is -3.37. The fraction of sp³-hybridized carbons (Fsp3) is 0.462. The average molecular weight is 496 g/mol. The quantitative estimate of drug-likeness (QED) is 0.515. The van der Waals surface area contributed by atoms with Gasteiger partial charge in [0.25, 0.3) is 0 Å². The van der Waals surface area contributed by atoms with Crippen molar-refractivity contribution >= 4 is 15.6 Å². The molecule has 2 aromatic rings. The monoisotopic (exact) mass is 495 g/mol. The van der Waals surface area contributed by atoms with E-state index in [0.717, 1.165) is 32.5 Å². The van der Waals surface area contributed by atoms with Crippen LogP contribution in [-0.4, -0.2) is 81.2 Å². The Hall–Kier alpha value is -2.93. The number of ether oxygens (including phenoxy) is 2. The summed E-state index contributed by atoms with van der Waals surface area (Å²) in [5, 5.41) is 8.90. The van der Waals surface area contributed by atoms with Crippen molar-refractivity contribution in [2.24, 2.45) is 0 Å². The average Bonchev–Trinajstić information content (AvgIpc) is 3.11. The maximum atomic E-state index is 12.9. The second-order valence-electron chi connectivity index (χ2n) is 9.41. The number of Topliss-reactive ketones (excluding diaryl/α,β-unsaturated/α-hetero) is 1. The minimum absolute atomic E-state index is 0.0725. The van der Waals surface area contributed by atoms with Gasteiger partial charge in [-0.25, -0.2) is 8.42 Å². The molecule has 184 valence electrons. The summed E-state index contributed by atoms with van der Waals surface area (Å²) in [4.78, 5) is 17.9. The Morgan fingerprint density at radius 1 is 1.00 bits per heavy atom. The predicted octanol–water partition coefficient (Wildman–Crippen LogP) is 2.52. The van der Waals surface area contributed by atoms with Crippen molar-refractivity contribution in [1.82, 2.24) is 9.80 Å². The summed E-state index contributed by atoms with van der Waals surface area (Å²) >= 11 is 0. The van der Waals surface area contributed by atoms with Crippen LogP contribution in [0.15, 0.2) is 47.4 Å². The summed E-state index contributed by atoms with van der Waals surface area (Å²) in [6.45, 7) is 3.74. The lowest BCUT2D eigenvalue weighted by molar-refractivity contribution is 0.0601. The second-order valence-corrected chi connectivity index (χ2v) is 11.5. The molecule has 2 saturated heterocycles. The number of carbonyl (C=O) groups is 1. The molecule has 35 heavy (non-hydrogen) atoms. The zero-order valence-corrected chi connectivity index (χ0v) is 20.4. The number of carbonyl (C=O) groups excluding carboxylic acids is 1. The number of rotatable bonds is 8. The van der Waals surface area contributed by atoms with Crippen LogP contribution >= 0.6 is 0 Å². The number of ketones is 1. The number of piperazine rings is 1. The van der Waals surface area contributed by atoms with E-state index < -0.39 is 9.84 Å². The van der Waals surface area contributed by atoms with E-state index in [1.54, 1.807) is 30.3 Å². The maximum Gasteiger partial charge on any atom is 0.178 e. The first-order chi connectivity index (χ1) is 16.9. The van der Waals surface area contributed by atoms with E-state index in [-0.39, 0.29) is 16.4 Å². The van der Waals surface area contributed by atoms with E-state index in [1.807, 2.05) is 6.07 Å². The van der Waals surface area contributed by atoms with Crippen molar-refractivity contribution < 1.29 is 22.7 Å². The molecule has 8 nitrogen and oxygen atoms in total. The van der Waals surface area contributed by atoms with Crippen molar-refractivity contribution in [3.63, 3.8) is 0 Å². The third-order valence-corrected chi connectivity index (χ3v) is 8.93. The number of nitrogens with zero attached hydrogens (tertiary/aromatic N) is 3. The van der Waals surface area contributed by atoms with Gasteiger partial charge in [-0.3, -0.25) is 14.6 Å². The lowest BCUT2D eigenvalue weighted by atomic mass is 10.1. The molecule has 2 fully saturated rings. The van der Waals surface area contributed by atoms with Crippen LogP contribution in [0.5, 0.6) is 11.5 Å². The molecule has 0 saturated carbocycles. The molecule has 5 rings (SSSR count). The van der Waals surface area contributed by atoms with E-state index >= 15 is 0 Å². The van der Waals surface area contributed by atoms with Crippen LogP contribution in [-0.2, 0) is 9.84 Å². The predicted molar refractivity (Wildman–Crippen MR) is 130 cm³/mol. The van der Waals surface area contributed by atoms with Crippen LogP contribution in [0.25, 0.3) is 0 Å². The van der Waals surface area contributed by atoms with Gasteiger partial charge in [-0.15, -0.1) is 0 Å². The van der Waals surface area contributed by atoms with Gasteiger partial charge in [0.1, 0.15) is 13.2 Å². The van der Waals surface area contributed by atoms with Gasteiger partial charge in [0.2, 0.25) is 0 Å². The lowest BCUT2D eigenvalue weighted by Crippen LogP contribution is -2.54. The number of likely N-dealkylation sites (tertiary alicyclic amines) is 1. The SMILES string of the molecule is N#Cc1ccc(S(=O)(=O)CCCN2C3CCC2CN(CC(=O)c2ccc4c(c2)OCCO4)C3)cc1. The van der Waals surface area contributed by atoms with Gasteiger partial charge in [0.05, 0.1) is 28.8 Å². The summed E-state index contributed by atoms with van der Waals surface area (Å²) in [5.74, 6) is 1.47. The highest BCUT2D eigenvalue weighted by atomic mass is 32.2. The number of hydrogen-bond acceptors (Lipinski definition) is 8. The molecule has 0 spiro atoms. The largest absolute Gasteiger partial charge is 0.486 e. The summed E-state index contributed by atoms with van der Waals surface area (Å²) in [7, 11) is -3.37. The van der Waals surface area contributed by atoms with Crippen LogP contribution in [0.4, 0.5) is 0 Å². The lowest BCUT2D eigenvalue weighted by Gasteiger charge is -2.40. The Kier molecular flexibility index (Phi) is 6.78. The Bertz CT molecular complexity index is 1220. The molecule has 3 aliphatic heterocycles. The van der Waals surface area contributed by atoms with E-state index in [2.05, 4.69) is 9.80 Å². The van der Waals surface area contributed by atoms with Gasteiger partial charge in [0, 0.05) is 30.7 Å². The molecule has 0 radical (unpaired) electrons. The maximum absolute atomic E-state index is 12.9. The smallest absolute Gasteiger partial charge is 0.178 e. The first-order valence-corrected chi connectivity index (χ1v) is 13.7. The number of hydrogen-bond donors (Lipinski definition) is 0. The zero-order chi connectivity index (χ0) is 24.4. The fourth-order valence-electron chi connectivity index (χ4n) is 5.37. The molecule has 2 unspecified atom stereocenters. The van der Waals surface area contributed by atoms with Crippen molar-refractivity contribution in [3.8, 4) is 17.6 Å². The molecular weight excluding hydrogens is 466 g/mol. The number of benzene rings is 2. The topological polar surface area (TPSA) is 99.9 Å². The van der Waals surface area contributed by atoms with Gasteiger partial charge in [-0.1, -0.05) is 0 Å². The van der Waals surface area contributed by atoms with Crippen LogP contribution in [0.3, 0.4) is 0 Å². The van der Waals surface area contributed by atoms with Crippen molar-refractivity contribution in [2.45, 2.75) is 36.2 Å². The third-order valence-electron chi connectivity index (χ3n) is 7.11. The van der Waals surface area contributed by atoms with Crippen molar-refractivity contribution in [2.75, 3.05) is 45.1 Å². The number of sulfone groups is 1. The molecule has 9 heteroatoms. The summed E-state index contributed by atoms with van der Waals surface area (Å²) < 4.78 is 36.5. The summed E-state index contributed by atoms with van der Waals surface area (Å²) in [6, 6.07) is 14.2. The molecule has 2 aromatic carbocycles. The zero-order valence-electron chi connectivity index (χ0n) is 19.6. The van der Waals surface area contributed by atoms with Crippen molar-refractivity contribution in [3.05, 3.63) is 53.6 Å². The van der Waals surface area contributed by atoms with Gasteiger partial charge < -0.3 is 9.47 Å². The Balaban J connectivity index is 1.13. The molecule has 2 bridgehead atoms. The number of nitriles is 1. The van der Waals surface area contributed by atoms with E-state index in [4.69, 9.17) is 14.7 Å². The van der Waals surface area contributed by atoms with E-state index in [9.17, 15) is 13.2 Å². The van der Waals surface area contributed by atoms with Crippen LogP contribution in [0.1, 0.15) is 35.2 Å². The van der Waals surface area contributed by atoms with Crippen LogP contribution < -0.4 is 9.47 Å². The third kappa shape index (κ3) is 5.20. The number of fused-ring (bicyclic) bond motifs is 3. The molecule has 2 atom stereocenters. The fourth-order valence-corrected chi connectivity index (χ4v) is 6.67. The van der Waals surface area contributed by atoms with E-state index in [0.29, 0.717) is 60.9 Å².